The van der Waals surface area contributed by atoms with Gasteiger partial charge in [-0.3, -0.25) is 9.89 Å². The van der Waals surface area contributed by atoms with E-state index in [1.807, 2.05) is 12.1 Å². The van der Waals surface area contributed by atoms with Gasteiger partial charge in [-0.1, -0.05) is 29.8 Å². The Balaban J connectivity index is 1.74. The minimum absolute atomic E-state index is 0.733. The van der Waals surface area contributed by atoms with Crippen LogP contribution in [0.5, 0.6) is 0 Å². The number of ether oxygens (including phenoxy) is 1. The van der Waals surface area contributed by atoms with Crippen molar-refractivity contribution >= 4 is 44.4 Å². The van der Waals surface area contributed by atoms with Crippen LogP contribution in [0.2, 0.25) is 5.02 Å². The van der Waals surface area contributed by atoms with Crippen molar-refractivity contribution in [2.75, 3.05) is 39.4 Å². The number of morpholine rings is 1. The molecule has 2 aromatic heterocycles. The number of para-hydroxylation sites is 1. The van der Waals surface area contributed by atoms with Crippen molar-refractivity contribution < 1.29 is 4.74 Å². The van der Waals surface area contributed by atoms with Crippen LogP contribution in [-0.4, -0.2) is 53.8 Å². The van der Waals surface area contributed by atoms with Crippen molar-refractivity contribution in [3.8, 4) is 0 Å². The van der Waals surface area contributed by atoms with E-state index in [1.165, 1.54) is 5.39 Å². The van der Waals surface area contributed by atoms with Gasteiger partial charge in [0, 0.05) is 48.0 Å². The Hall–Kier alpha value is -2.34. The zero-order valence-corrected chi connectivity index (χ0v) is 16.7. The summed E-state index contributed by atoms with van der Waals surface area (Å²) in [6.07, 6.45) is 0. The minimum atomic E-state index is 0.733. The maximum absolute atomic E-state index is 6.36. The van der Waals surface area contributed by atoms with Crippen molar-refractivity contribution in [1.82, 2.24) is 14.5 Å². The number of rotatable bonds is 3. The highest BCUT2D eigenvalue weighted by atomic mass is 35.5. The molecule has 0 radical (unpaired) electrons. The second kappa shape index (κ2) is 7.24. The van der Waals surface area contributed by atoms with Gasteiger partial charge >= 0.3 is 0 Å². The van der Waals surface area contributed by atoms with Gasteiger partial charge in [-0.05, 0) is 24.3 Å². The van der Waals surface area contributed by atoms with Gasteiger partial charge in [0.1, 0.15) is 5.65 Å². The molecule has 28 heavy (non-hydrogen) atoms. The van der Waals surface area contributed by atoms with Gasteiger partial charge < -0.3 is 14.3 Å². The number of nitrogens with zero attached hydrogens (tertiary/aromatic N) is 3. The van der Waals surface area contributed by atoms with Crippen LogP contribution >= 0.6 is 11.6 Å². The second-order valence-electron chi connectivity index (χ2n) is 7.30. The van der Waals surface area contributed by atoms with Crippen LogP contribution in [0, 0.1) is 0 Å². The number of aromatic nitrogens is 2. The lowest BCUT2D eigenvalue weighted by molar-refractivity contribution is 0.0394. The van der Waals surface area contributed by atoms with E-state index >= 15 is 0 Å². The third kappa shape index (κ3) is 3.00. The molecule has 0 bridgehead atoms. The number of hydrogen-bond acceptors (Lipinski definition) is 3. The fourth-order valence-electron chi connectivity index (χ4n) is 4.16. The van der Waals surface area contributed by atoms with Gasteiger partial charge in [0.2, 0.25) is 0 Å². The van der Waals surface area contributed by atoms with Gasteiger partial charge in [-0.15, -0.1) is 0 Å². The average molecular weight is 395 g/mol. The van der Waals surface area contributed by atoms with Crippen LogP contribution in [0.15, 0.2) is 47.5 Å². The first-order valence-corrected chi connectivity index (χ1v) is 10.1. The molecule has 1 N–H and O–H groups in total. The molecular weight excluding hydrogens is 372 g/mol. The highest BCUT2D eigenvalue weighted by Gasteiger charge is 2.14. The Labute approximate surface area is 168 Å². The van der Waals surface area contributed by atoms with E-state index in [9.17, 15) is 0 Å². The summed E-state index contributed by atoms with van der Waals surface area (Å²) in [7, 11) is 2.09. The monoisotopic (exact) mass is 394 g/mol. The van der Waals surface area contributed by atoms with Crippen LogP contribution in [-0.2, 0) is 11.8 Å². The van der Waals surface area contributed by atoms with Crippen molar-refractivity contribution in [3.05, 3.63) is 52.8 Å². The van der Waals surface area contributed by atoms with E-state index in [4.69, 9.17) is 21.3 Å². The number of nitrogens with one attached hydrogen (secondary N) is 1. The van der Waals surface area contributed by atoms with Crippen molar-refractivity contribution in [2.24, 2.45) is 12.0 Å². The highest BCUT2D eigenvalue weighted by molar-refractivity contribution is 6.31. The maximum atomic E-state index is 6.36. The number of pyridine rings is 1. The first kappa shape index (κ1) is 17.7. The zero-order valence-electron chi connectivity index (χ0n) is 15.9. The van der Waals surface area contributed by atoms with E-state index in [1.54, 1.807) is 0 Å². The zero-order chi connectivity index (χ0) is 19.1. The highest BCUT2D eigenvalue weighted by Crippen LogP contribution is 2.26. The lowest BCUT2D eigenvalue weighted by Crippen LogP contribution is -2.37. The number of aryl methyl sites for hydroxylation is 1. The van der Waals surface area contributed by atoms with Crippen molar-refractivity contribution in [1.29, 1.82) is 0 Å². The average Bonchev–Trinajstić information content (AvgIpc) is 3.11. The number of fused-ring (bicyclic) bond motifs is 4. The summed E-state index contributed by atoms with van der Waals surface area (Å²) < 4.78 is 7.65. The number of benzene rings is 2. The fraction of sp³-hybridized carbons (Fsp3) is 0.318. The molecule has 5 nitrogen and oxygen atoms in total. The van der Waals surface area contributed by atoms with Crippen molar-refractivity contribution in [2.45, 2.75) is 0 Å². The number of H-pyrrole nitrogens is 1. The smallest absolute Gasteiger partial charge is 0.120 e. The summed E-state index contributed by atoms with van der Waals surface area (Å²) in [5.41, 5.74) is 3.33. The maximum Gasteiger partial charge on any atom is 0.120 e. The molecule has 1 aliphatic heterocycles. The summed E-state index contributed by atoms with van der Waals surface area (Å²) >= 11 is 6.36. The Kier molecular flexibility index (Phi) is 4.59. The summed E-state index contributed by atoms with van der Waals surface area (Å²) in [6, 6.07) is 14.5. The van der Waals surface area contributed by atoms with Gasteiger partial charge in [0.05, 0.1) is 36.0 Å². The topological polar surface area (TPSA) is 45.5 Å². The first-order chi connectivity index (χ1) is 13.7. The third-order valence-electron chi connectivity index (χ3n) is 5.62. The molecule has 4 aromatic rings. The molecule has 1 fully saturated rings. The van der Waals surface area contributed by atoms with Crippen LogP contribution in [0.1, 0.15) is 0 Å². The molecule has 144 valence electrons. The van der Waals surface area contributed by atoms with Crippen LogP contribution in [0.4, 0.5) is 0 Å². The molecule has 0 spiro atoms. The molecule has 6 heteroatoms. The molecule has 3 heterocycles. The molecule has 0 unspecified atom stereocenters. The molecule has 5 rings (SSSR count). The second-order valence-corrected chi connectivity index (χ2v) is 7.74. The summed E-state index contributed by atoms with van der Waals surface area (Å²) in [5, 5.41) is 5.21. The van der Waals surface area contributed by atoms with E-state index in [2.05, 4.69) is 51.8 Å². The summed E-state index contributed by atoms with van der Waals surface area (Å²) in [6.45, 7) is 5.28. The lowest BCUT2D eigenvalue weighted by Gasteiger charge is -2.25. The van der Waals surface area contributed by atoms with Crippen LogP contribution < -0.4 is 5.36 Å². The Morgan fingerprint density at radius 2 is 1.93 bits per heavy atom. The largest absolute Gasteiger partial charge is 0.379 e. The number of aromatic amines is 1. The Morgan fingerprint density at radius 3 is 2.79 bits per heavy atom. The van der Waals surface area contributed by atoms with E-state index in [-0.39, 0.29) is 0 Å². The quantitative estimate of drug-likeness (QED) is 0.576. The van der Waals surface area contributed by atoms with Gasteiger partial charge in [0.25, 0.3) is 0 Å². The fourth-order valence-corrected chi connectivity index (χ4v) is 4.33. The normalized spacial score (nSPS) is 16.6. The van der Waals surface area contributed by atoms with Gasteiger partial charge in [-0.25, -0.2) is 0 Å². The predicted octanol–water partition coefficient (Wildman–Crippen LogP) is 3.70. The number of hydrogen-bond donors (Lipinski definition) is 1. The standard InChI is InChI=1S/C22H23ClN4O/c1-26-19-7-6-15(23)14-17(19)21(24-8-9-27-10-12-28-13-11-27)20-16-4-2-3-5-18(16)25-22(20)26/h2-7,14,25H,8-13H2,1H3. The van der Waals surface area contributed by atoms with Crippen molar-refractivity contribution in [3.63, 3.8) is 0 Å². The summed E-state index contributed by atoms with van der Waals surface area (Å²) in [5.74, 6) is 0. The Morgan fingerprint density at radius 1 is 1.11 bits per heavy atom. The van der Waals surface area contributed by atoms with Gasteiger partial charge in [0.15, 0.2) is 0 Å². The minimum Gasteiger partial charge on any atom is -0.379 e. The molecule has 0 aliphatic carbocycles. The molecule has 0 saturated carbocycles. The Bertz CT molecular complexity index is 1230. The molecule has 0 atom stereocenters. The molecular formula is C22H23ClN4O. The SMILES string of the molecule is Cn1c2ccc(Cl)cc2c(=NCCN2CCOCC2)c2c3ccccc3[nH]c21. The molecule has 1 aliphatic rings. The number of halogens is 1. The van der Waals surface area contributed by atoms with Crippen LogP contribution in [0.25, 0.3) is 32.8 Å². The van der Waals surface area contributed by atoms with Gasteiger partial charge in [-0.2, -0.15) is 0 Å². The molecule has 2 aromatic carbocycles. The molecule has 0 amide bonds. The summed E-state index contributed by atoms with van der Waals surface area (Å²) in [4.78, 5) is 11.1. The third-order valence-corrected chi connectivity index (χ3v) is 5.86. The first-order valence-electron chi connectivity index (χ1n) is 9.71. The predicted molar refractivity (Wildman–Crippen MR) is 115 cm³/mol. The van der Waals surface area contributed by atoms with E-state index in [0.717, 1.165) is 77.2 Å². The van der Waals surface area contributed by atoms with Crippen LogP contribution in [0.3, 0.4) is 0 Å². The van der Waals surface area contributed by atoms with E-state index in [0.29, 0.717) is 0 Å². The molecule has 1 saturated heterocycles. The van der Waals surface area contributed by atoms with E-state index < -0.39 is 0 Å². The lowest BCUT2D eigenvalue weighted by atomic mass is 10.1.